The number of aryl methyl sites for hydroxylation is 1. The fourth-order valence-electron chi connectivity index (χ4n) is 2.19. The van der Waals surface area contributed by atoms with Crippen LogP contribution in [0.5, 0.6) is 5.75 Å². The third-order valence-electron chi connectivity index (χ3n) is 3.23. The first-order chi connectivity index (χ1) is 11.2. The second kappa shape index (κ2) is 5.95. The molecule has 0 saturated carbocycles. The fourth-order valence-corrected chi connectivity index (χ4v) is 2.19. The van der Waals surface area contributed by atoms with E-state index >= 15 is 0 Å². The molecular formula is C13H10N2O9. The maximum absolute atomic E-state index is 11.9. The van der Waals surface area contributed by atoms with Gasteiger partial charge in [-0.25, -0.2) is 9.59 Å². The maximum atomic E-state index is 11.9. The molecule has 0 atom stereocenters. The molecule has 11 heteroatoms. The Labute approximate surface area is 132 Å². The van der Waals surface area contributed by atoms with Crippen molar-refractivity contribution in [3.8, 4) is 5.75 Å². The molecule has 24 heavy (non-hydrogen) atoms. The van der Waals surface area contributed by atoms with E-state index in [1.54, 1.807) is 0 Å². The highest BCUT2D eigenvalue weighted by Gasteiger charge is 2.34. The van der Waals surface area contributed by atoms with Gasteiger partial charge in [0.2, 0.25) is 5.58 Å². The van der Waals surface area contributed by atoms with Gasteiger partial charge in [-0.3, -0.25) is 20.2 Å². The highest BCUT2D eigenvalue weighted by Crippen LogP contribution is 2.44. The van der Waals surface area contributed by atoms with Crippen molar-refractivity contribution in [1.82, 2.24) is 0 Å². The van der Waals surface area contributed by atoms with E-state index in [0.29, 0.717) is 0 Å². The first-order valence-corrected chi connectivity index (χ1v) is 6.49. The van der Waals surface area contributed by atoms with Crippen molar-refractivity contribution in [2.24, 2.45) is 0 Å². The number of nitro groups is 2. The fraction of sp³-hybridized carbons (Fsp3) is 0.231. The van der Waals surface area contributed by atoms with Crippen LogP contribution in [-0.4, -0.2) is 27.5 Å². The summed E-state index contributed by atoms with van der Waals surface area (Å²) in [6, 6.07) is 0.911. The summed E-state index contributed by atoms with van der Waals surface area (Å²) in [6.07, 6.45) is 0. The number of nitro benzene ring substituents is 2. The van der Waals surface area contributed by atoms with Gasteiger partial charge in [0, 0.05) is 10.9 Å². The van der Waals surface area contributed by atoms with Crippen LogP contribution in [-0.2, 0) is 4.74 Å². The van der Waals surface area contributed by atoms with E-state index in [1.807, 2.05) is 0 Å². The molecule has 0 aliphatic carbocycles. The van der Waals surface area contributed by atoms with E-state index in [4.69, 9.17) is 4.42 Å². The highest BCUT2D eigenvalue weighted by molar-refractivity contribution is 5.99. The summed E-state index contributed by atoms with van der Waals surface area (Å²) in [5.74, 6) is -2.27. The number of carbonyl (C=O) groups excluding carboxylic acids is 1. The van der Waals surface area contributed by atoms with Crippen LogP contribution < -0.4 is 5.63 Å². The van der Waals surface area contributed by atoms with Crippen LogP contribution in [0, 0.1) is 27.2 Å². The van der Waals surface area contributed by atoms with Crippen molar-refractivity contribution in [2.75, 3.05) is 6.61 Å². The van der Waals surface area contributed by atoms with E-state index in [-0.39, 0.29) is 17.6 Å². The predicted octanol–water partition coefficient (Wildman–Crippen LogP) is 1.80. The Morgan fingerprint density at radius 3 is 2.38 bits per heavy atom. The Morgan fingerprint density at radius 1 is 1.29 bits per heavy atom. The molecule has 1 aromatic heterocycles. The van der Waals surface area contributed by atoms with E-state index in [0.717, 1.165) is 6.07 Å². The van der Waals surface area contributed by atoms with E-state index < -0.39 is 49.7 Å². The second-order valence-corrected chi connectivity index (χ2v) is 4.60. The number of ether oxygens (including phenoxy) is 1. The Hall–Kier alpha value is -3.50. The molecule has 0 aliphatic rings. The Bertz CT molecular complexity index is 945. The minimum Gasteiger partial charge on any atom is -0.497 e. The van der Waals surface area contributed by atoms with E-state index in [9.17, 15) is 34.9 Å². The zero-order valence-corrected chi connectivity index (χ0v) is 12.4. The standard InChI is InChI=1S/C13H10N2O9/c1-3-23-12(17)7-4-6-5(2)8(14(19)20)10(16)9(15(21)22)11(6)24-13(7)18/h4,16H,3H2,1-2H3. The number of fused-ring (bicyclic) bond motifs is 1. The normalized spacial score (nSPS) is 10.6. The first kappa shape index (κ1) is 16.9. The molecule has 0 bridgehead atoms. The molecule has 0 saturated heterocycles. The van der Waals surface area contributed by atoms with Crippen molar-refractivity contribution in [3.05, 3.63) is 47.8 Å². The molecule has 1 heterocycles. The molecule has 1 N–H and O–H groups in total. The van der Waals surface area contributed by atoms with Gasteiger partial charge < -0.3 is 14.3 Å². The third kappa shape index (κ3) is 2.51. The average molecular weight is 338 g/mol. The minimum atomic E-state index is -1.23. The van der Waals surface area contributed by atoms with Gasteiger partial charge in [0.1, 0.15) is 5.56 Å². The average Bonchev–Trinajstić information content (AvgIpc) is 2.46. The lowest BCUT2D eigenvalue weighted by atomic mass is 10.0. The topological polar surface area (TPSA) is 163 Å². The molecule has 2 aromatic rings. The molecule has 0 amide bonds. The summed E-state index contributed by atoms with van der Waals surface area (Å²) < 4.78 is 9.43. The summed E-state index contributed by atoms with van der Waals surface area (Å²) in [4.78, 5) is 43.7. The van der Waals surface area contributed by atoms with Gasteiger partial charge in [0.05, 0.1) is 16.5 Å². The maximum Gasteiger partial charge on any atom is 0.360 e. The molecule has 1 aromatic carbocycles. The molecule has 0 radical (unpaired) electrons. The van der Waals surface area contributed by atoms with Gasteiger partial charge in [-0.05, 0) is 19.9 Å². The van der Waals surface area contributed by atoms with Gasteiger partial charge in [-0.15, -0.1) is 0 Å². The first-order valence-electron chi connectivity index (χ1n) is 6.49. The summed E-state index contributed by atoms with van der Waals surface area (Å²) in [6.45, 7) is 2.66. The number of hydrogen-bond acceptors (Lipinski definition) is 9. The summed E-state index contributed by atoms with van der Waals surface area (Å²) >= 11 is 0. The molecule has 126 valence electrons. The number of phenols is 1. The number of carbonyl (C=O) groups is 1. The molecule has 0 spiro atoms. The molecule has 0 aliphatic heterocycles. The lowest BCUT2D eigenvalue weighted by Crippen LogP contribution is -2.17. The monoisotopic (exact) mass is 338 g/mol. The quantitative estimate of drug-likeness (QED) is 0.379. The van der Waals surface area contributed by atoms with Crippen LogP contribution in [0.25, 0.3) is 11.0 Å². The number of aromatic hydroxyl groups is 1. The minimum absolute atomic E-state index is 0.0365. The van der Waals surface area contributed by atoms with Crippen molar-refractivity contribution >= 4 is 28.3 Å². The zero-order valence-electron chi connectivity index (χ0n) is 12.4. The van der Waals surface area contributed by atoms with Gasteiger partial charge in [-0.1, -0.05) is 0 Å². The van der Waals surface area contributed by atoms with Crippen LogP contribution in [0.1, 0.15) is 22.8 Å². The number of nitrogens with zero attached hydrogens (tertiary/aromatic N) is 2. The largest absolute Gasteiger partial charge is 0.497 e. The van der Waals surface area contributed by atoms with E-state index in [1.165, 1.54) is 13.8 Å². The zero-order chi connectivity index (χ0) is 18.2. The van der Waals surface area contributed by atoms with Crippen molar-refractivity contribution in [2.45, 2.75) is 13.8 Å². The second-order valence-electron chi connectivity index (χ2n) is 4.60. The lowest BCUT2D eigenvalue weighted by molar-refractivity contribution is -0.395. The number of benzene rings is 1. The van der Waals surface area contributed by atoms with Crippen LogP contribution in [0.15, 0.2) is 15.3 Å². The number of esters is 1. The highest BCUT2D eigenvalue weighted by atomic mass is 16.6. The van der Waals surface area contributed by atoms with Crippen LogP contribution in [0.2, 0.25) is 0 Å². The van der Waals surface area contributed by atoms with Crippen LogP contribution >= 0.6 is 0 Å². The van der Waals surface area contributed by atoms with Crippen LogP contribution in [0.4, 0.5) is 11.4 Å². The molecule has 0 fully saturated rings. The third-order valence-corrected chi connectivity index (χ3v) is 3.23. The number of rotatable bonds is 4. The van der Waals surface area contributed by atoms with Gasteiger partial charge in [0.15, 0.2) is 0 Å². The molecule has 2 rings (SSSR count). The Kier molecular flexibility index (Phi) is 4.18. The molecule has 11 nitrogen and oxygen atoms in total. The molecular weight excluding hydrogens is 328 g/mol. The summed E-state index contributed by atoms with van der Waals surface area (Å²) in [5.41, 5.74) is -4.71. The summed E-state index contributed by atoms with van der Waals surface area (Å²) in [7, 11) is 0. The van der Waals surface area contributed by atoms with Gasteiger partial charge in [0.25, 0.3) is 5.75 Å². The number of hydrogen-bond donors (Lipinski definition) is 1. The van der Waals surface area contributed by atoms with Crippen LogP contribution in [0.3, 0.4) is 0 Å². The lowest BCUT2D eigenvalue weighted by Gasteiger charge is -2.07. The van der Waals surface area contributed by atoms with Gasteiger partial charge in [-0.2, -0.15) is 0 Å². The number of phenolic OH excluding ortho intramolecular Hbond substituents is 1. The SMILES string of the molecule is CCOC(=O)c1cc2c(C)c([N+](=O)[O-])c(O)c([N+](=O)[O-])c2oc1=O. The summed E-state index contributed by atoms with van der Waals surface area (Å²) in [5, 5.41) is 31.8. The Balaban J connectivity index is 3.00. The van der Waals surface area contributed by atoms with Crippen molar-refractivity contribution in [1.29, 1.82) is 0 Å². The van der Waals surface area contributed by atoms with Crippen molar-refractivity contribution in [3.63, 3.8) is 0 Å². The van der Waals surface area contributed by atoms with Gasteiger partial charge >= 0.3 is 23.0 Å². The van der Waals surface area contributed by atoms with Crippen molar-refractivity contribution < 1.29 is 28.9 Å². The molecule has 0 unspecified atom stereocenters. The predicted molar refractivity (Wildman–Crippen MR) is 78.2 cm³/mol. The Morgan fingerprint density at radius 2 is 1.88 bits per heavy atom. The van der Waals surface area contributed by atoms with E-state index in [2.05, 4.69) is 4.74 Å². The smallest absolute Gasteiger partial charge is 0.360 e.